The zero-order valence-electron chi connectivity index (χ0n) is 10.7. The Bertz CT molecular complexity index is 346. The molecule has 0 bridgehead atoms. The molecule has 0 fully saturated rings. The Morgan fingerprint density at radius 3 is 1.82 bits per heavy atom. The lowest BCUT2D eigenvalue weighted by molar-refractivity contribution is -0.396. The van der Waals surface area contributed by atoms with E-state index in [9.17, 15) is 39.5 Å². The molecule has 12 heteroatoms. The molecule has 0 spiro atoms. The zero-order valence-corrected chi connectivity index (χ0v) is 12.9. The van der Waals surface area contributed by atoms with E-state index < -0.39 is 47.3 Å². The van der Waals surface area contributed by atoms with E-state index in [-0.39, 0.29) is 13.2 Å². The monoisotopic (exact) mass is 462 g/mol. The molecule has 1 unspecified atom stereocenters. The maximum Gasteiger partial charge on any atom is 0.460 e. The van der Waals surface area contributed by atoms with Crippen molar-refractivity contribution in [2.75, 3.05) is 19.8 Å². The zero-order chi connectivity index (χ0) is 17.8. The van der Waals surface area contributed by atoms with Gasteiger partial charge in [0.25, 0.3) is 0 Å². The number of alkyl halides is 10. The fourth-order valence-electron chi connectivity index (χ4n) is 1.22. The van der Waals surface area contributed by atoms with Crippen LogP contribution < -0.4 is 0 Å². The number of ether oxygens (including phenoxy) is 1. The molecule has 0 heterocycles. The van der Waals surface area contributed by atoms with Crippen LogP contribution in [0.25, 0.3) is 0 Å². The largest absolute Gasteiger partial charge is 0.460 e. The fourth-order valence-corrected chi connectivity index (χ4v) is 1.48. The van der Waals surface area contributed by atoms with Gasteiger partial charge in [-0.3, -0.25) is 0 Å². The molecule has 0 rings (SSSR count). The minimum atomic E-state index is -6.85. The maximum absolute atomic E-state index is 13.1. The highest BCUT2D eigenvalue weighted by atomic mass is 127. The van der Waals surface area contributed by atoms with Gasteiger partial charge in [0.15, 0.2) is 0 Å². The van der Waals surface area contributed by atoms with Gasteiger partial charge in [-0.2, -0.15) is 39.5 Å². The summed E-state index contributed by atoms with van der Waals surface area (Å²) in [7, 11) is 0. The average Bonchev–Trinajstić information content (AvgIpc) is 2.36. The van der Waals surface area contributed by atoms with Crippen LogP contribution in [0.15, 0.2) is 0 Å². The maximum atomic E-state index is 13.1. The van der Waals surface area contributed by atoms with Gasteiger partial charge in [-0.25, -0.2) is 0 Å². The molecular formula is C10H12F9IO2. The molecule has 1 N–H and O–H groups in total. The third-order valence-electron chi connectivity index (χ3n) is 2.49. The van der Waals surface area contributed by atoms with Gasteiger partial charge in [0.2, 0.25) is 0 Å². The summed E-state index contributed by atoms with van der Waals surface area (Å²) in [5.74, 6) is -19.0. The van der Waals surface area contributed by atoms with Gasteiger partial charge in [0.05, 0.1) is 17.1 Å². The number of hydrogen-bond donors (Lipinski definition) is 1. The number of rotatable bonds is 9. The summed E-state index contributed by atoms with van der Waals surface area (Å²) in [4.78, 5) is 0. The van der Waals surface area contributed by atoms with Gasteiger partial charge in [-0.05, 0) is 6.42 Å². The minimum absolute atomic E-state index is 0.113. The molecule has 22 heavy (non-hydrogen) atoms. The van der Waals surface area contributed by atoms with Crippen molar-refractivity contribution in [3.05, 3.63) is 0 Å². The first-order valence-corrected chi connectivity index (χ1v) is 6.98. The van der Waals surface area contributed by atoms with Gasteiger partial charge in [0.1, 0.15) is 0 Å². The lowest BCUT2D eigenvalue weighted by Gasteiger charge is -2.33. The van der Waals surface area contributed by atoms with E-state index in [0.717, 1.165) is 0 Å². The van der Waals surface area contributed by atoms with Crippen LogP contribution in [-0.2, 0) is 4.74 Å². The molecule has 0 saturated carbocycles. The van der Waals surface area contributed by atoms with Crippen LogP contribution in [0.4, 0.5) is 39.5 Å². The summed E-state index contributed by atoms with van der Waals surface area (Å²) in [6.07, 6.45) is -9.56. The molecule has 1 atom stereocenters. The summed E-state index contributed by atoms with van der Waals surface area (Å²) < 4.78 is 117. The predicted octanol–water partition coefficient (Wildman–Crippen LogP) is 4.05. The van der Waals surface area contributed by atoms with E-state index in [0.29, 0.717) is 0 Å². The Morgan fingerprint density at radius 1 is 0.909 bits per heavy atom. The van der Waals surface area contributed by atoms with Crippen molar-refractivity contribution in [1.82, 2.24) is 0 Å². The van der Waals surface area contributed by atoms with Crippen molar-refractivity contribution in [2.24, 2.45) is 0 Å². The molecular weight excluding hydrogens is 450 g/mol. The molecule has 2 nitrogen and oxygen atoms in total. The van der Waals surface area contributed by atoms with E-state index >= 15 is 0 Å². The Hall–Kier alpha value is 0.0200. The summed E-state index contributed by atoms with van der Waals surface area (Å²) >= 11 is 1.74. The van der Waals surface area contributed by atoms with E-state index in [4.69, 9.17) is 9.84 Å². The number of hydrogen-bond acceptors (Lipinski definition) is 2. The van der Waals surface area contributed by atoms with Gasteiger partial charge >= 0.3 is 23.9 Å². The summed E-state index contributed by atoms with van der Waals surface area (Å²) in [6, 6.07) is 0. The standard InChI is InChI=1S/C10H12F9IO2/c11-7(12,2-1-3-22-5-6(20)4-21)8(13,14)9(15,16)10(17,18)19/h6,21H,1-5H2. The number of aliphatic hydroxyl groups excluding tert-OH is 1. The summed E-state index contributed by atoms with van der Waals surface area (Å²) in [5.41, 5.74) is 0. The van der Waals surface area contributed by atoms with Crippen molar-refractivity contribution < 1.29 is 49.4 Å². The van der Waals surface area contributed by atoms with Crippen LogP contribution in [0.1, 0.15) is 12.8 Å². The van der Waals surface area contributed by atoms with Gasteiger partial charge in [0, 0.05) is 13.0 Å². The SMILES string of the molecule is OCC(I)COCCCC(F)(F)C(F)(F)C(F)(F)C(F)(F)F. The molecule has 0 saturated heterocycles. The van der Waals surface area contributed by atoms with Crippen LogP contribution in [0.2, 0.25) is 0 Å². The van der Waals surface area contributed by atoms with Crippen LogP contribution in [0.5, 0.6) is 0 Å². The van der Waals surface area contributed by atoms with Gasteiger partial charge < -0.3 is 9.84 Å². The van der Waals surface area contributed by atoms with Crippen molar-refractivity contribution in [1.29, 1.82) is 0 Å². The molecule has 0 aromatic heterocycles. The van der Waals surface area contributed by atoms with Gasteiger partial charge in [-0.1, -0.05) is 22.6 Å². The Kier molecular flexibility index (Phi) is 7.73. The van der Waals surface area contributed by atoms with E-state index in [1.165, 1.54) is 0 Å². The van der Waals surface area contributed by atoms with Crippen molar-refractivity contribution in [3.8, 4) is 0 Å². The van der Waals surface area contributed by atoms with Crippen LogP contribution in [0.3, 0.4) is 0 Å². The normalized spacial score (nSPS) is 16.0. The smallest absolute Gasteiger partial charge is 0.395 e. The molecule has 0 radical (unpaired) electrons. The summed E-state index contributed by atoms with van der Waals surface area (Å²) in [6.45, 7) is -0.965. The first kappa shape index (κ1) is 22.0. The third kappa shape index (κ3) is 5.01. The molecule has 0 aromatic carbocycles. The van der Waals surface area contributed by atoms with Crippen LogP contribution in [-0.4, -0.2) is 52.8 Å². The number of halogens is 10. The first-order chi connectivity index (χ1) is 9.70. The number of aliphatic hydroxyl groups is 1. The van der Waals surface area contributed by atoms with Crippen molar-refractivity contribution in [2.45, 2.75) is 40.7 Å². The van der Waals surface area contributed by atoms with E-state index in [1.54, 1.807) is 22.6 Å². The molecule has 0 aliphatic carbocycles. The lowest BCUT2D eigenvalue weighted by Crippen LogP contribution is -2.60. The Labute approximate surface area is 133 Å². The molecule has 0 aliphatic rings. The van der Waals surface area contributed by atoms with E-state index in [1.807, 2.05) is 0 Å². The van der Waals surface area contributed by atoms with Crippen LogP contribution in [0, 0.1) is 0 Å². The second kappa shape index (κ2) is 7.73. The fraction of sp³-hybridized carbons (Fsp3) is 1.00. The highest BCUT2D eigenvalue weighted by molar-refractivity contribution is 14.1. The lowest BCUT2D eigenvalue weighted by atomic mass is 10.00. The Balaban J connectivity index is 4.66. The molecule has 0 aromatic rings. The molecule has 0 aliphatic heterocycles. The molecule has 134 valence electrons. The van der Waals surface area contributed by atoms with Gasteiger partial charge in [-0.15, -0.1) is 0 Å². The first-order valence-electron chi connectivity index (χ1n) is 5.73. The quantitative estimate of drug-likeness (QED) is 0.243. The van der Waals surface area contributed by atoms with Crippen LogP contribution >= 0.6 is 22.6 Å². The van der Waals surface area contributed by atoms with Crippen molar-refractivity contribution in [3.63, 3.8) is 0 Å². The summed E-state index contributed by atoms with van der Waals surface area (Å²) in [5, 5.41) is 8.60. The highest BCUT2D eigenvalue weighted by Crippen LogP contribution is 2.54. The Morgan fingerprint density at radius 2 is 1.41 bits per heavy atom. The third-order valence-corrected chi connectivity index (χ3v) is 3.24. The van der Waals surface area contributed by atoms with Crippen molar-refractivity contribution >= 4 is 22.6 Å². The molecule has 0 amide bonds. The topological polar surface area (TPSA) is 29.5 Å². The highest BCUT2D eigenvalue weighted by Gasteiger charge is 2.81. The second-order valence-electron chi connectivity index (χ2n) is 4.31. The average molecular weight is 462 g/mol. The predicted molar refractivity (Wildman–Crippen MR) is 65.8 cm³/mol. The second-order valence-corrected chi connectivity index (χ2v) is 6.07. The minimum Gasteiger partial charge on any atom is -0.395 e. The van der Waals surface area contributed by atoms with E-state index in [2.05, 4.69) is 0 Å².